The average molecular weight is 330 g/mol. The van der Waals surface area contributed by atoms with Gasteiger partial charge in [0.25, 0.3) is 0 Å². The maximum Gasteiger partial charge on any atom is 0.315 e. The molecule has 6 heteroatoms. The molecule has 0 spiro atoms. The molecule has 0 unspecified atom stereocenters. The van der Waals surface area contributed by atoms with E-state index >= 15 is 0 Å². The van der Waals surface area contributed by atoms with Gasteiger partial charge in [-0.1, -0.05) is 0 Å². The van der Waals surface area contributed by atoms with Crippen molar-refractivity contribution in [3.05, 3.63) is 0 Å². The van der Waals surface area contributed by atoms with Gasteiger partial charge in [-0.05, 0) is 6.92 Å². The van der Waals surface area contributed by atoms with Crippen LogP contribution in [0.4, 0.5) is 0 Å². The molecule has 0 atom stereocenters. The van der Waals surface area contributed by atoms with Crippen LogP contribution in [0.2, 0.25) is 0 Å². The van der Waals surface area contributed by atoms with Crippen molar-refractivity contribution >= 4 is 43.0 Å². The third-order valence-corrected chi connectivity index (χ3v) is 1.45. The van der Waals surface area contributed by atoms with Crippen LogP contribution in [-0.4, -0.2) is 69.2 Å². The monoisotopic (exact) mass is 329 g/mol. The summed E-state index contributed by atoms with van der Waals surface area (Å²) in [5, 5.41) is 0. The molecule has 0 N–H and O–H groups in total. The van der Waals surface area contributed by atoms with E-state index < -0.39 is 0 Å². The summed E-state index contributed by atoms with van der Waals surface area (Å²) in [5.41, 5.74) is 0. The van der Waals surface area contributed by atoms with E-state index in [0.717, 1.165) is 0 Å². The van der Waals surface area contributed by atoms with Gasteiger partial charge in [-0.3, -0.25) is 4.79 Å². The Kier molecular flexibility index (Phi) is 16.4. The van der Waals surface area contributed by atoms with Gasteiger partial charge in [0, 0.05) is 31.0 Å². The van der Waals surface area contributed by atoms with Crippen molar-refractivity contribution in [3.8, 4) is 0 Å². The van der Waals surface area contributed by atoms with Crippen LogP contribution in [-0.2, 0) is 19.0 Å². The number of carbonyl (C=O) groups excluding carboxylic acids is 1. The summed E-state index contributed by atoms with van der Waals surface area (Å²) < 4.78 is 14.9. The molecule has 0 aromatic carbocycles. The van der Waals surface area contributed by atoms with Crippen molar-refractivity contribution in [1.29, 1.82) is 0 Å². The summed E-state index contributed by atoms with van der Waals surface area (Å²) in [6, 6.07) is 0. The molecular formula is C8H16O4SSb. The summed E-state index contributed by atoms with van der Waals surface area (Å²) >= 11 is 3.75. The number of esters is 1. The normalized spacial score (nSPS) is 9.29. The van der Waals surface area contributed by atoms with Gasteiger partial charge in [0.2, 0.25) is 0 Å². The Morgan fingerprint density at radius 3 is 2.29 bits per heavy atom. The van der Waals surface area contributed by atoms with Gasteiger partial charge >= 0.3 is 5.97 Å². The number of thiol groups is 1. The summed E-state index contributed by atoms with van der Waals surface area (Å²) in [4.78, 5) is 10.6. The van der Waals surface area contributed by atoms with E-state index in [2.05, 4.69) is 12.6 Å². The molecule has 14 heavy (non-hydrogen) atoms. The van der Waals surface area contributed by atoms with Crippen LogP contribution in [0, 0.1) is 0 Å². The zero-order valence-electron chi connectivity index (χ0n) is 8.27. The molecule has 4 nitrogen and oxygen atoms in total. The van der Waals surface area contributed by atoms with Crippen molar-refractivity contribution in [2.45, 2.75) is 6.92 Å². The van der Waals surface area contributed by atoms with Crippen molar-refractivity contribution in [3.63, 3.8) is 0 Å². The molecule has 3 radical (unpaired) electrons. The van der Waals surface area contributed by atoms with Gasteiger partial charge in [-0.25, -0.2) is 0 Å². The molecule has 0 heterocycles. The van der Waals surface area contributed by atoms with E-state index in [1.165, 1.54) is 0 Å². The molecule has 0 saturated heterocycles. The minimum atomic E-state index is -0.322. The molecule has 0 aromatic rings. The molecule has 0 aromatic heterocycles. The quantitative estimate of drug-likeness (QED) is 0.298. The molecule has 0 amide bonds. The Morgan fingerprint density at radius 1 is 1.14 bits per heavy atom. The summed E-state index contributed by atoms with van der Waals surface area (Å²) in [6.07, 6.45) is 0. The first-order chi connectivity index (χ1) is 6.31. The Balaban J connectivity index is 0. The number of hydrogen-bond donors (Lipinski definition) is 1. The summed E-state index contributed by atoms with van der Waals surface area (Å²) in [7, 11) is 0. The zero-order chi connectivity index (χ0) is 9.94. The van der Waals surface area contributed by atoms with Crippen LogP contribution in [0.15, 0.2) is 0 Å². The smallest absolute Gasteiger partial charge is 0.315 e. The van der Waals surface area contributed by atoms with Crippen molar-refractivity contribution < 1.29 is 19.0 Å². The van der Waals surface area contributed by atoms with Crippen LogP contribution in [0.25, 0.3) is 0 Å². The maximum absolute atomic E-state index is 10.6. The third-order valence-electron chi connectivity index (χ3n) is 1.20. The number of rotatable bonds is 8. The standard InChI is InChI=1S/C8H16O4S.Sb/c1-2-10-3-4-11-5-6-12-8(9)7-13;/h13H,2-7H2,1H3;. The fraction of sp³-hybridized carbons (Fsp3) is 0.875. The van der Waals surface area contributed by atoms with Gasteiger partial charge in [0.1, 0.15) is 6.61 Å². The molecule has 0 bridgehead atoms. The predicted octanol–water partition coefficient (Wildman–Crippen LogP) is 0.132. The predicted molar refractivity (Wildman–Crippen MR) is 57.9 cm³/mol. The maximum atomic E-state index is 10.6. The van der Waals surface area contributed by atoms with Gasteiger partial charge in [0.05, 0.1) is 25.6 Å². The van der Waals surface area contributed by atoms with Crippen LogP contribution in [0.5, 0.6) is 0 Å². The first-order valence-electron chi connectivity index (χ1n) is 4.23. The largest absolute Gasteiger partial charge is 0.463 e. The average Bonchev–Trinajstić information content (AvgIpc) is 2.16. The van der Waals surface area contributed by atoms with Gasteiger partial charge in [-0.15, -0.1) is 0 Å². The molecular weight excluding hydrogens is 314 g/mol. The van der Waals surface area contributed by atoms with E-state index in [4.69, 9.17) is 14.2 Å². The number of carbonyl (C=O) groups is 1. The van der Waals surface area contributed by atoms with Gasteiger partial charge in [-0.2, -0.15) is 12.6 Å². The molecule has 0 aliphatic heterocycles. The first-order valence-corrected chi connectivity index (χ1v) is 4.86. The third kappa shape index (κ3) is 12.6. The van der Waals surface area contributed by atoms with Crippen LogP contribution in [0.1, 0.15) is 6.92 Å². The topological polar surface area (TPSA) is 44.8 Å². The second-order valence-corrected chi connectivity index (χ2v) is 2.50. The van der Waals surface area contributed by atoms with Crippen LogP contribution >= 0.6 is 12.6 Å². The number of ether oxygens (including phenoxy) is 3. The van der Waals surface area contributed by atoms with Crippen molar-refractivity contribution in [2.24, 2.45) is 0 Å². The fourth-order valence-electron chi connectivity index (χ4n) is 0.624. The van der Waals surface area contributed by atoms with Crippen LogP contribution in [0.3, 0.4) is 0 Å². The Hall–Kier alpha value is 0.558. The SMILES string of the molecule is CCOCCOCCOC(=O)CS.[Sb]. The molecule has 0 saturated carbocycles. The van der Waals surface area contributed by atoms with E-state index in [9.17, 15) is 4.79 Å². The Labute approximate surface area is 108 Å². The summed E-state index contributed by atoms with van der Waals surface area (Å²) in [6.45, 7) is 4.42. The van der Waals surface area contributed by atoms with E-state index in [-0.39, 0.29) is 42.8 Å². The van der Waals surface area contributed by atoms with Gasteiger partial charge in [0.15, 0.2) is 0 Å². The minimum Gasteiger partial charge on any atom is -0.463 e. The number of hydrogen-bond acceptors (Lipinski definition) is 5. The second kappa shape index (κ2) is 13.6. The fourth-order valence-corrected chi connectivity index (χ4v) is 0.716. The van der Waals surface area contributed by atoms with E-state index in [1.807, 2.05) is 6.92 Å². The van der Waals surface area contributed by atoms with Gasteiger partial charge < -0.3 is 14.2 Å². The molecule has 0 aliphatic rings. The molecule has 0 aliphatic carbocycles. The second-order valence-electron chi connectivity index (χ2n) is 2.19. The molecule has 83 valence electrons. The first kappa shape index (κ1) is 17.0. The van der Waals surface area contributed by atoms with E-state index in [0.29, 0.717) is 26.4 Å². The van der Waals surface area contributed by atoms with Crippen LogP contribution < -0.4 is 0 Å². The molecule has 0 rings (SSSR count). The van der Waals surface area contributed by atoms with Crippen molar-refractivity contribution in [2.75, 3.05) is 38.8 Å². The van der Waals surface area contributed by atoms with Crippen molar-refractivity contribution in [1.82, 2.24) is 0 Å². The Morgan fingerprint density at radius 2 is 1.71 bits per heavy atom. The zero-order valence-corrected chi connectivity index (χ0v) is 11.7. The Bertz CT molecular complexity index is 135. The minimum absolute atomic E-state index is 0. The summed E-state index contributed by atoms with van der Waals surface area (Å²) in [5.74, 6) is -0.212. The molecule has 0 fully saturated rings. The van der Waals surface area contributed by atoms with E-state index in [1.54, 1.807) is 0 Å².